The van der Waals surface area contributed by atoms with Crippen LogP contribution in [0.25, 0.3) is 0 Å². The van der Waals surface area contributed by atoms with Gasteiger partial charge in [0.2, 0.25) is 5.88 Å². The molecule has 2 fully saturated rings. The molecule has 1 aliphatic carbocycles. The number of aromatic nitrogens is 1. The predicted octanol–water partition coefficient (Wildman–Crippen LogP) is 4.20. The van der Waals surface area contributed by atoms with E-state index in [1.54, 1.807) is 11.1 Å². The van der Waals surface area contributed by atoms with E-state index in [1.807, 2.05) is 32.9 Å². The van der Waals surface area contributed by atoms with Crippen LogP contribution in [0.5, 0.6) is 5.88 Å². The number of nitrogens with zero attached hydrogens (tertiary/aromatic N) is 2. The molecule has 8 nitrogen and oxygen atoms in total. The third kappa shape index (κ3) is 8.84. The molecule has 0 aromatic carbocycles. The number of carbonyl (C=O) groups excluding carboxylic acids is 1. The third-order valence-electron chi connectivity index (χ3n) is 5.30. The highest BCUT2D eigenvalue weighted by molar-refractivity contribution is 9.10. The number of rotatable bonds is 10. The Morgan fingerprint density at radius 1 is 1.03 bits per heavy atom. The molecule has 32 heavy (non-hydrogen) atoms. The quantitative estimate of drug-likeness (QED) is 0.432. The van der Waals surface area contributed by atoms with Crippen molar-refractivity contribution in [2.24, 2.45) is 0 Å². The van der Waals surface area contributed by atoms with Crippen LogP contribution in [0.2, 0.25) is 0 Å². The van der Waals surface area contributed by atoms with Crippen molar-refractivity contribution in [2.75, 3.05) is 39.5 Å². The second kappa shape index (κ2) is 12.2. The van der Waals surface area contributed by atoms with E-state index in [0.29, 0.717) is 45.4 Å². The van der Waals surface area contributed by atoms with E-state index in [1.165, 1.54) is 0 Å². The van der Waals surface area contributed by atoms with Gasteiger partial charge in [0.1, 0.15) is 11.7 Å². The molecular weight excluding hydrogens is 480 g/mol. The molecule has 0 spiro atoms. The number of pyridine rings is 1. The lowest BCUT2D eigenvalue weighted by atomic mass is 9.92. The molecule has 0 unspecified atom stereocenters. The van der Waals surface area contributed by atoms with Crippen LogP contribution >= 0.6 is 15.9 Å². The summed E-state index contributed by atoms with van der Waals surface area (Å²) in [6, 6.07) is 3.78. The second-order valence-corrected chi connectivity index (χ2v) is 10.1. The van der Waals surface area contributed by atoms with Crippen LogP contribution in [0.3, 0.4) is 0 Å². The van der Waals surface area contributed by atoms with Gasteiger partial charge in [-0.05, 0) is 55.6 Å². The highest BCUT2D eigenvalue weighted by Crippen LogP contribution is 2.27. The first kappa shape index (κ1) is 25.2. The van der Waals surface area contributed by atoms with Gasteiger partial charge in [-0.15, -0.1) is 0 Å². The highest BCUT2D eigenvalue weighted by Gasteiger charge is 2.32. The molecule has 3 rings (SSSR count). The lowest BCUT2D eigenvalue weighted by molar-refractivity contribution is -0.0822. The van der Waals surface area contributed by atoms with E-state index in [2.05, 4.69) is 20.9 Å². The Bertz CT molecular complexity index is 697. The van der Waals surface area contributed by atoms with Crippen molar-refractivity contribution >= 4 is 22.0 Å². The molecule has 1 aliphatic heterocycles. The minimum atomic E-state index is -0.461. The van der Waals surface area contributed by atoms with Gasteiger partial charge in [0.15, 0.2) is 0 Å². The second-order valence-electron chi connectivity index (χ2n) is 9.17. The number of likely N-dealkylation sites (tertiary alicyclic amines) is 1. The molecule has 1 saturated heterocycles. The molecule has 1 amide bonds. The van der Waals surface area contributed by atoms with E-state index < -0.39 is 5.60 Å². The normalized spacial score (nSPS) is 21.8. The van der Waals surface area contributed by atoms with Gasteiger partial charge in [-0.3, -0.25) is 0 Å². The van der Waals surface area contributed by atoms with Gasteiger partial charge in [-0.2, -0.15) is 0 Å². The Kier molecular flexibility index (Phi) is 9.58. The molecule has 1 saturated carbocycles. The average Bonchev–Trinajstić information content (AvgIpc) is 2.71. The zero-order valence-corrected chi connectivity index (χ0v) is 20.8. The first-order valence-corrected chi connectivity index (χ1v) is 12.1. The molecular formula is C23H35BrN2O6. The molecule has 0 atom stereocenters. The molecule has 2 aliphatic rings. The van der Waals surface area contributed by atoms with E-state index >= 15 is 0 Å². The number of hydrogen-bond donors (Lipinski definition) is 0. The van der Waals surface area contributed by atoms with Gasteiger partial charge in [-0.25, -0.2) is 9.78 Å². The number of hydrogen-bond acceptors (Lipinski definition) is 7. The number of carbonyl (C=O) groups is 1. The van der Waals surface area contributed by atoms with Crippen molar-refractivity contribution in [3.05, 3.63) is 22.8 Å². The molecule has 180 valence electrons. The summed E-state index contributed by atoms with van der Waals surface area (Å²) in [6.07, 6.45) is 5.46. The van der Waals surface area contributed by atoms with Crippen LogP contribution < -0.4 is 4.74 Å². The fraction of sp³-hybridized carbons (Fsp3) is 0.739. The lowest BCUT2D eigenvalue weighted by Gasteiger charge is -2.34. The summed E-state index contributed by atoms with van der Waals surface area (Å²) in [5.41, 5.74) is -0.461. The zero-order chi connectivity index (χ0) is 23.0. The van der Waals surface area contributed by atoms with Gasteiger partial charge in [0.05, 0.1) is 38.6 Å². The van der Waals surface area contributed by atoms with Crippen LogP contribution in [0.1, 0.15) is 46.5 Å². The minimum absolute atomic E-state index is 0.167. The summed E-state index contributed by atoms with van der Waals surface area (Å²) in [6.45, 7) is 9.19. The Labute approximate surface area is 199 Å². The monoisotopic (exact) mass is 514 g/mol. The van der Waals surface area contributed by atoms with Gasteiger partial charge >= 0.3 is 6.09 Å². The zero-order valence-electron chi connectivity index (χ0n) is 19.3. The lowest BCUT2D eigenvalue weighted by Crippen LogP contribution is -2.43. The topological polar surface area (TPSA) is 79.4 Å². The number of amides is 1. The molecule has 0 bridgehead atoms. The summed E-state index contributed by atoms with van der Waals surface area (Å²) in [5, 5.41) is 0. The summed E-state index contributed by atoms with van der Waals surface area (Å²) >= 11 is 3.36. The average molecular weight is 515 g/mol. The van der Waals surface area contributed by atoms with Crippen molar-refractivity contribution in [2.45, 2.75) is 70.4 Å². The molecule has 2 heterocycles. The first-order valence-electron chi connectivity index (χ1n) is 11.4. The number of ether oxygens (including phenoxy) is 5. The Balaban J connectivity index is 1.14. The van der Waals surface area contributed by atoms with Crippen LogP contribution in [0.4, 0.5) is 4.79 Å². The van der Waals surface area contributed by atoms with Crippen molar-refractivity contribution in [1.29, 1.82) is 0 Å². The molecule has 0 radical (unpaired) electrons. The molecule has 1 aromatic rings. The van der Waals surface area contributed by atoms with E-state index in [9.17, 15) is 4.79 Å². The molecule has 0 N–H and O–H groups in total. The smallest absolute Gasteiger partial charge is 0.410 e. The van der Waals surface area contributed by atoms with Crippen molar-refractivity contribution < 1.29 is 28.5 Å². The number of halogens is 1. The van der Waals surface area contributed by atoms with Gasteiger partial charge < -0.3 is 28.6 Å². The van der Waals surface area contributed by atoms with Gasteiger partial charge in [0, 0.05) is 42.7 Å². The van der Waals surface area contributed by atoms with Crippen molar-refractivity contribution in [3.63, 3.8) is 0 Å². The summed E-state index contributed by atoms with van der Waals surface area (Å²) in [4.78, 5) is 18.1. The van der Waals surface area contributed by atoms with E-state index in [4.69, 9.17) is 23.7 Å². The Morgan fingerprint density at radius 3 is 2.28 bits per heavy atom. The third-order valence-corrected chi connectivity index (χ3v) is 5.76. The van der Waals surface area contributed by atoms with Crippen LogP contribution in [-0.4, -0.2) is 79.4 Å². The first-order chi connectivity index (χ1) is 15.3. The van der Waals surface area contributed by atoms with Crippen molar-refractivity contribution in [1.82, 2.24) is 9.88 Å². The molecule has 9 heteroatoms. The standard InChI is InChI=1S/C23H35BrN2O6/c1-23(2,3)32-22(27)26-8-6-18(7-9-26)29-12-10-28-11-13-30-19-14-20(15-19)31-21-5-4-17(24)16-25-21/h4-5,16,18-20H,6-15H2,1-3H3. The summed E-state index contributed by atoms with van der Waals surface area (Å²) < 4.78 is 29.5. The van der Waals surface area contributed by atoms with Gasteiger partial charge in [0.25, 0.3) is 0 Å². The van der Waals surface area contributed by atoms with E-state index in [-0.39, 0.29) is 24.4 Å². The van der Waals surface area contributed by atoms with Crippen molar-refractivity contribution in [3.8, 4) is 5.88 Å². The largest absolute Gasteiger partial charge is 0.474 e. The highest BCUT2D eigenvalue weighted by atomic mass is 79.9. The Morgan fingerprint density at radius 2 is 1.69 bits per heavy atom. The Hall–Kier alpha value is -1.42. The van der Waals surface area contributed by atoms with E-state index in [0.717, 1.165) is 30.2 Å². The van der Waals surface area contributed by atoms with Crippen LogP contribution in [-0.2, 0) is 18.9 Å². The van der Waals surface area contributed by atoms with Crippen LogP contribution in [0.15, 0.2) is 22.8 Å². The maximum atomic E-state index is 12.1. The maximum absolute atomic E-state index is 12.1. The maximum Gasteiger partial charge on any atom is 0.410 e. The summed E-state index contributed by atoms with van der Waals surface area (Å²) in [5.74, 6) is 0.649. The summed E-state index contributed by atoms with van der Waals surface area (Å²) in [7, 11) is 0. The fourth-order valence-corrected chi connectivity index (χ4v) is 3.77. The minimum Gasteiger partial charge on any atom is -0.474 e. The number of piperidine rings is 1. The fourth-order valence-electron chi connectivity index (χ4n) is 3.53. The predicted molar refractivity (Wildman–Crippen MR) is 123 cm³/mol. The van der Waals surface area contributed by atoms with Crippen LogP contribution in [0, 0.1) is 0 Å². The SMILES string of the molecule is CC(C)(C)OC(=O)N1CCC(OCCOCCOC2CC(Oc3ccc(Br)cn3)C2)CC1. The molecule has 1 aromatic heterocycles. The van der Waals surface area contributed by atoms with Gasteiger partial charge in [-0.1, -0.05) is 0 Å².